The molecule has 9 nitrogen and oxygen atoms in total. The molecule has 158 valence electrons. The second kappa shape index (κ2) is 8.74. The number of aromatic nitrogens is 5. The standard InChI is InChI=1S/C21H26N6O3/c1-16-11-23-27(13-16)14-18(28)26-9-4-6-21(15-26,7-10-29-2)20-24-19(30-25-20)17-5-3-8-22-12-17/h3,5,8,11-13H,4,6-7,9-10,14-15H2,1-2H3. The lowest BCUT2D eigenvalue weighted by Gasteiger charge is -2.41. The lowest BCUT2D eigenvalue weighted by molar-refractivity contribution is -0.134. The summed E-state index contributed by atoms with van der Waals surface area (Å²) < 4.78 is 12.6. The molecule has 1 fully saturated rings. The summed E-state index contributed by atoms with van der Waals surface area (Å²) in [4.78, 5) is 23.6. The van der Waals surface area contributed by atoms with Gasteiger partial charge in [0.25, 0.3) is 5.89 Å². The van der Waals surface area contributed by atoms with E-state index in [1.54, 1.807) is 30.4 Å². The molecule has 30 heavy (non-hydrogen) atoms. The van der Waals surface area contributed by atoms with E-state index in [2.05, 4.69) is 20.2 Å². The Kier molecular flexibility index (Phi) is 5.89. The number of ether oxygens (including phenoxy) is 1. The van der Waals surface area contributed by atoms with Crippen LogP contribution in [0.1, 0.15) is 30.7 Å². The summed E-state index contributed by atoms with van der Waals surface area (Å²) in [5, 5.41) is 8.53. The van der Waals surface area contributed by atoms with E-state index >= 15 is 0 Å². The molecule has 9 heteroatoms. The van der Waals surface area contributed by atoms with Gasteiger partial charge in [0.1, 0.15) is 6.54 Å². The van der Waals surface area contributed by atoms with E-state index in [0.29, 0.717) is 37.8 Å². The normalized spacial score (nSPS) is 19.2. The van der Waals surface area contributed by atoms with E-state index in [1.165, 1.54) is 0 Å². The maximum atomic E-state index is 13.0. The number of amides is 1. The molecular formula is C21H26N6O3. The fourth-order valence-electron chi connectivity index (χ4n) is 3.98. The summed E-state index contributed by atoms with van der Waals surface area (Å²) in [6.45, 7) is 3.97. The molecule has 0 aliphatic carbocycles. The highest BCUT2D eigenvalue weighted by atomic mass is 16.5. The molecule has 1 aliphatic rings. The van der Waals surface area contributed by atoms with E-state index < -0.39 is 5.41 Å². The molecule has 1 atom stereocenters. The van der Waals surface area contributed by atoms with E-state index in [-0.39, 0.29) is 12.5 Å². The number of carbonyl (C=O) groups excluding carboxylic acids is 1. The Morgan fingerprint density at radius 1 is 1.37 bits per heavy atom. The number of pyridine rings is 1. The first-order valence-corrected chi connectivity index (χ1v) is 10.1. The Balaban J connectivity index is 1.56. The number of rotatable bonds is 7. The Hall–Kier alpha value is -3.07. The van der Waals surface area contributed by atoms with Gasteiger partial charge in [0.15, 0.2) is 5.82 Å². The molecule has 3 aromatic heterocycles. The Morgan fingerprint density at radius 2 is 2.27 bits per heavy atom. The van der Waals surface area contributed by atoms with Gasteiger partial charge in [-0.3, -0.25) is 14.5 Å². The molecule has 0 bridgehead atoms. The molecule has 0 radical (unpaired) electrons. The SMILES string of the molecule is COCCC1(c2noc(-c3cccnc3)n2)CCCN(C(=O)Cn2cc(C)cn2)C1. The second-order valence-electron chi connectivity index (χ2n) is 7.82. The van der Waals surface area contributed by atoms with Gasteiger partial charge in [0.2, 0.25) is 5.91 Å². The van der Waals surface area contributed by atoms with Crippen molar-refractivity contribution >= 4 is 5.91 Å². The zero-order valence-electron chi connectivity index (χ0n) is 17.3. The maximum Gasteiger partial charge on any atom is 0.259 e. The van der Waals surface area contributed by atoms with Crippen molar-refractivity contribution < 1.29 is 14.1 Å². The number of hydrogen-bond donors (Lipinski definition) is 0. The molecule has 0 saturated carbocycles. The quantitative estimate of drug-likeness (QED) is 0.589. The molecule has 0 N–H and O–H groups in total. The number of likely N-dealkylation sites (tertiary alicyclic amines) is 1. The van der Waals surface area contributed by atoms with Crippen LogP contribution >= 0.6 is 0 Å². The third kappa shape index (κ3) is 4.25. The average molecular weight is 410 g/mol. The van der Waals surface area contributed by atoms with Crippen LogP contribution in [0.25, 0.3) is 11.5 Å². The highest BCUT2D eigenvalue weighted by Gasteiger charge is 2.42. The predicted octanol–water partition coefficient (Wildman–Crippen LogP) is 2.23. The minimum Gasteiger partial charge on any atom is -0.385 e. The number of carbonyl (C=O) groups is 1. The summed E-state index contributed by atoms with van der Waals surface area (Å²) in [7, 11) is 1.68. The lowest BCUT2D eigenvalue weighted by atomic mass is 9.76. The van der Waals surface area contributed by atoms with Gasteiger partial charge >= 0.3 is 0 Å². The number of aryl methyl sites for hydroxylation is 1. The van der Waals surface area contributed by atoms with Crippen LogP contribution in [0.3, 0.4) is 0 Å². The third-order valence-corrected chi connectivity index (χ3v) is 5.58. The molecule has 4 heterocycles. The van der Waals surface area contributed by atoms with Gasteiger partial charge in [-0.2, -0.15) is 10.1 Å². The highest BCUT2D eigenvalue weighted by Crippen LogP contribution is 2.36. The van der Waals surface area contributed by atoms with E-state index in [4.69, 9.17) is 9.26 Å². The Bertz CT molecular complexity index is 986. The summed E-state index contributed by atoms with van der Waals surface area (Å²) >= 11 is 0. The van der Waals surface area contributed by atoms with Gasteiger partial charge in [-0.1, -0.05) is 5.16 Å². The first-order valence-electron chi connectivity index (χ1n) is 10.1. The largest absolute Gasteiger partial charge is 0.385 e. The second-order valence-corrected chi connectivity index (χ2v) is 7.82. The maximum absolute atomic E-state index is 13.0. The molecule has 3 aromatic rings. The lowest BCUT2D eigenvalue weighted by Crippen LogP contribution is -2.50. The molecule has 1 unspecified atom stereocenters. The highest BCUT2D eigenvalue weighted by molar-refractivity contribution is 5.76. The van der Waals surface area contributed by atoms with Crippen LogP contribution in [0.5, 0.6) is 0 Å². The zero-order valence-corrected chi connectivity index (χ0v) is 17.3. The van der Waals surface area contributed by atoms with Crippen molar-refractivity contribution in [1.29, 1.82) is 0 Å². The van der Waals surface area contributed by atoms with Gasteiger partial charge in [-0.05, 0) is 43.9 Å². The topological polar surface area (TPSA) is 99.2 Å². The smallest absolute Gasteiger partial charge is 0.259 e. The van der Waals surface area contributed by atoms with Crippen LogP contribution in [0, 0.1) is 6.92 Å². The molecule has 4 rings (SSSR count). The molecule has 0 spiro atoms. The minimum atomic E-state index is -0.409. The van der Waals surface area contributed by atoms with Crippen molar-refractivity contribution in [3.05, 3.63) is 48.3 Å². The first kappa shape index (κ1) is 20.2. The fourth-order valence-corrected chi connectivity index (χ4v) is 3.98. The van der Waals surface area contributed by atoms with Crippen LogP contribution in [0.4, 0.5) is 0 Å². The van der Waals surface area contributed by atoms with Crippen molar-refractivity contribution in [1.82, 2.24) is 29.8 Å². The predicted molar refractivity (Wildman–Crippen MR) is 108 cm³/mol. The number of nitrogens with zero attached hydrogens (tertiary/aromatic N) is 6. The van der Waals surface area contributed by atoms with Gasteiger partial charge < -0.3 is 14.2 Å². The Labute approximate surface area is 175 Å². The monoisotopic (exact) mass is 410 g/mol. The van der Waals surface area contributed by atoms with Crippen molar-refractivity contribution in [3.63, 3.8) is 0 Å². The molecule has 1 amide bonds. The number of hydrogen-bond acceptors (Lipinski definition) is 7. The van der Waals surface area contributed by atoms with Crippen molar-refractivity contribution in [2.45, 2.75) is 38.1 Å². The number of piperidine rings is 1. The van der Waals surface area contributed by atoms with Gasteiger partial charge in [-0.25, -0.2) is 0 Å². The third-order valence-electron chi connectivity index (χ3n) is 5.58. The summed E-state index contributed by atoms with van der Waals surface area (Å²) in [5.74, 6) is 1.09. The van der Waals surface area contributed by atoms with Crippen LogP contribution in [-0.4, -0.2) is 62.5 Å². The van der Waals surface area contributed by atoms with E-state index in [9.17, 15) is 4.79 Å². The van der Waals surface area contributed by atoms with Crippen LogP contribution < -0.4 is 0 Å². The van der Waals surface area contributed by atoms with Crippen LogP contribution in [0.2, 0.25) is 0 Å². The first-order chi connectivity index (χ1) is 14.6. The van der Waals surface area contributed by atoms with Crippen molar-refractivity contribution in [2.24, 2.45) is 0 Å². The molecular weight excluding hydrogens is 384 g/mol. The summed E-state index contributed by atoms with van der Waals surface area (Å²) in [5.41, 5.74) is 1.40. The average Bonchev–Trinajstić information content (AvgIpc) is 3.43. The zero-order chi connectivity index (χ0) is 21.0. The van der Waals surface area contributed by atoms with Crippen LogP contribution in [0.15, 0.2) is 41.4 Å². The summed E-state index contributed by atoms with van der Waals surface area (Å²) in [6.07, 6.45) is 9.47. The van der Waals surface area contributed by atoms with Gasteiger partial charge in [-0.15, -0.1) is 0 Å². The Morgan fingerprint density at radius 3 is 3.00 bits per heavy atom. The fraction of sp³-hybridized carbons (Fsp3) is 0.476. The van der Waals surface area contributed by atoms with Crippen molar-refractivity contribution in [3.8, 4) is 11.5 Å². The van der Waals surface area contributed by atoms with Gasteiger partial charge in [0.05, 0.1) is 17.2 Å². The van der Waals surface area contributed by atoms with Crippen molar-refractivity contribution in [2.75, 3.05) is 26.8 Å². The van der Waals surface area contributed by atoms with E-state index in [0.717, 1.165) is 24.0 Å². The molecule has 0 aromatic carbocycles. The number of methoxy groups -OCH3 is 1. The van der Waals surface area contributed by atoms with Crippen LogP contribution in [-0.2, 0) is 21.5 Å². The molecule has 1 aliphatic heterocycles. The molecule has 1 saturated heterocycles. The summed E-state index contributed by atoms with van der Waals surface area (Å²) in [6, 6.07) is 3.72. The van der Waals surface area contributed by atoms with E-state index in [1.807, 2.05) is 30.2 Å². The van der Waals surface area contributed by atoms with Gasteiger partial charge in [0, 0.05) is 45.4 Å². The minimum absolute atomic E-state index is 0.0376.